The normalized spacial score (nSPS) is 11.3. The molecule has 0 aliphatic carbocycles. The van der Waals surface area contributed by atoms with Gasteiger partial charge in [-0.25, -0.2) is 0 Å². The van der Waals surface area contributed by atoms with Gasteiger partial charge in [-0.1, -0.05) is 51.2 Å². The van der Waals surface area contributed by atoms with Crippen LogP contribution in [-0.4, -0.2) is 13.2 Å². The van der Waals surface area contributed by atoms with Gasteiger partial charge in [-0.2, -0.15) is 0 Å². The van der Waals surface area contributed by atoms with Crippen molar-refractivity contribution in [3.8, 4) is 0 Å². The third-order valence-electron chi connectivity index (χ3n) is 2.31. The van der Waals surface area contributed by atoms with Crippen LogP contribution in [0.15, 0.2) is 12.2 Å². The second kappa shape index (κ2) is 12.7. The Morgan fingerprint density at radius 1 is 0.857 bits per heavy atom. The second-order valence-corrected chi connectivity index (χ2v) is 3.69. The van der Waals surface area contributed by atoms with Crippen LogP contribution in [0.4, 0.5) is 0 Å². The fourth-order valence-corrected chi connectivity index (χ4v) is 1.41. The first kappa shape index (κ1) is 13.7. The van der Waals surface area contributed by atoms with E-state index in [-0.39, 0.29) is 0 Å². The topological polar surface area (TPSA) is 9.23 Å². The van der Waals surface area contributed by atoms with Gasteiger partial charge in [-0.3, -0.25) is 0 Å². The fourth-order valence-electron chi connectivity index (χ4n) is 1.41. The van der Waals surface area contributed by atoms with Crippen molar-refractivity contribution in [2.45, 2.75) is 58.8 Å². The molecule has 1 nitrogen and oxygen atoms in total. The summed E-state index contributed by atoms with van der Waals surface area (Å²) in [5.41, 5.74) is 0. The lowest BCUT2D eigenvalue weighted by atomic mass is 10.1. The summed E-state index contributed by atoms with van der Waals surface area (Å²) >= 11 is 0. The van der Waals surface area contributed by atoms with E-state index in [4.69, 9.17) is 4.74 Å². The van der Waals surface area contributed by atoms with Gasteiger partial charge in [0.1, 0.15) is 0 Å². The Morgan fingerprint density at radius 2 is 1.57 bits per heavy atom. The average molecular weight is 198 g/mol. The van der Waals surface area contributed by atoms with Crippen LogP contribution in [0.5, 0.6) is 0 Å². The molecule has 0 atom stereocenters. The summed E-state index contributed by atoms with van der Waals surface area (Å²) < 4.78 is 5.21. The Hall–Kier alpha value is -0.300. The Morgan fingerprint density at radius 3 is 2.29 bits per heavy atom. The molecule has 0 saturated carbocycles. The van der Waals surface area contributed by atoms with Crippen molar-refractivity contribution in [2.24, 2.45) is 0 Å². The van der Waals surface area contributed by atoms with Gasteiger partial charge in [0.25, 0.3) is 0 Å². The molecule has 0 amide bonds. The van der Waals surface area contributed by atoms with Gasteiger partial charge in [0.2, 0.25) is 0 Å². The lowest BCUT2D eigenvalue weighted by molar-refractivity contribution is 0.177. The summed E-state index contributed by atoms with van der Waals surface area (Å²) in [7, 11) is 0. The molecule has 0 fully saturated rings. The Labute approximate surface area is 89.5 Å². The van der Waals surface area contributed by atoms with Crippen LogP contribution in [0.25, 0.3) is 0 Å². The van der Waals surface area contributed by atoms with Gasteiger partial charge < -0.3 is 4.74 Å². The highest BCUT2D eigenvalue weighted by atomic mass is 16.5. The molecule has 0 spiro atoms. The highest BCUT2D eigenvalue weighted by Crippen LogP contribution is 2.06. The number of hydrogen-bond donors (Lipinski definition) is 0. The van der Waals surface area contributed by atoms with Gasteiger partial charge in [0.15, 0.2) is 0 Å². The molecule has 84 valence electrons. The van der Waals surface area contributed by atoms with Crippen LogP contribution in [0.2, 0.25) is 0 Å². The summed E-state index contributed by atoms with van der Waals surface area (Å²) in [6.07, 6.45) is 13.9. The molecule has 0 aromatic rings. The van der Waals surface area contributed by atoms with Crippen molar-refractivity contribution in [2.75, 3.05) is 13.2 Å². The fraction of sp³-hybridized carbons (Fsp3) is 0.846. The van der Waals surface area contributed by atoms with E-state index in [1.165, 1.54) is 44.9 Å². The zero-order valence-electron chi connectivity index (χ0n) is 9.93. The average Bonchev–Trinajstić information content (AvgIpc) is 2.21. The van der Waals surface area contributed by atoms with Crippen molar-refractivity contribution in [1.29, 1.82) is 0 Å². The smallest absolute Gasteiger partial charge is 0.0647 e. The molecular weight excluding hydrogens is 172 g/mol. The predicted octanol–water partition coefficient (Wildman–Crippen LogP) is 4.33. The third-order valence-corrected chi connectivity index (χ3v) is 2.31. The van der Waals surface area contributed by atoms with E-state index < -0.39 is 0 Å². The third kappa shape index (κ3) is 11.7. The Bertz CT molecular complexity index is 118. The van der Waals surface area contributed by atoms with Gasteiger partial charge in [-0.15, -0.1) is 0 Å². The summed E-state index contributed by atoms with van der Waals surface area (Å²) in [4.78, 5) is 0. The Balaban J connectivity index is 2.94. The minimum atomic E-state index is 0.784. The molecule has 0 heterocycles. The largest absolute Gasteiger partial charge is 0.378 e. The molecule has 0 aliphatic rings. The quantitative estimate of drug-likeness (QED) is 0.375. The monoisotopic (exact) mass is 198 g/mol. The van der Waals surface area contributed by atoms with Crippen LogP contribution in [-0.2, 0) is 4.74 Å². The maximum atomic E-state index is 5.21. The summed E-state index contributed by atoms with van der Waals surface area (Å²) in [5, 5.41) is 0. The van der Waals surface area contributed by atoms with Gasteiger partial charge in [0, 0.05) is 6.61 Å². The van der Waals surface area contributed by atoms with Crippen molar-refractivity contribution in [1.82, 2.24) is 0 Å². The number of ether oxygens (including phenoxy) is 1. The van der Waals surface area contributed by atoms with E-state index in [9.17, 15) is 0 Å². The predicted molar refractivity (Wildman–Crippen MR) is 63.6 cm³/mol. The highest BCUT2D eigenvalue weighted by molar-refractivity contribution is 4.81. The number of allylic oxidation sites excluding steroid dienone is 1. The number of rotatable bonds is 10. The molecule has 0 saturated heterocycles. The number of unbranched alkanes of at least 4 members (excludes halogenated alkanes) is 6. The van der Waals surface area contributed by atoms with Crippen LogP contribution in [0.3, 0.4) is 0 Å². The zero-order chi connectivity index (χ0) is 10.5. The molecular formula is C13H26O. The molecule has 0 unspecified atom stereocenters. The van der Waals surface area contributed by atoms with Crippen LogP contribution in [0, 0.1) is 0 Å². The first-order chi connectivity index (χ1) is 6.91. The molecule has 14 heavy (non-hydrogen) atoms. The van der Waals surface area contributed by atoms with Crippen LogP contribution < -0.4 is 0 Å². The molecule has 0 rings (SSSR count). The van der Waals surface area contributed by atoms with E-state index in [2.05, 4.69) is 19.1 Å². The van der Waals surface area contributed by atoms with E-state index in [0.717, 1.165) is 13.2 Å². The SMILES string of the molecule is CCCCCCCCC=CCOCC. The van der Waals surface area contributed by atoms with Crippen LogP contribution in [0.1, 0.15) is 58.8 Å². The van der Waals surface area contributed by atoms with Crippen molar-refractivity contribution in [3.05, 3.63) is 12.2 Å². The lowest BCUT2D eigenvalue weighted by Gasteiger charge is -1.97. The van der Waals surface area contributed by atoms with Crippen LogP contribution >= 0.6 is 0 Å². The maximum absolute atomic E-state index is 5.21. The summed E-state index contributed by atoms with van der Waals surface area (Å²) in [6.45, 7) is 5.89. The molecule has 0 aliphatic heterocycles. The summed E-state index contributed by atoms with van der Waals surface area (Å²) in [5.74, 6) is 0. The lowest BCUT2D eigenvalue weighted by Crippen LogP contribution is -1.87. The Kier molecular flexibility index (Phi) is 12.4. The first-order valence-electron chi connectivity index (χ1n) is 6.14. The minimum Gasteiger partial charge on any atom is -0.378 e. The van der Waals surface area contributed by atoms with E-state index in [1.54, 1.807) is 0 Å². The molecule has 0 radical (unpaired) electrons. The van der Waals surface area contributed by atoms with Crippen molar-refractivity contribution >= 4 is 0 Å². The minimum absolute atomic E-state index is 0.784. The van der Waals surface area contributed by atoms with Gasteiger partial charge in [-0.05, 0) is 19.8 Å². The molecule has 1 heteroatoms. The zero-order valence-corrected chi connectivity index (χ0v) is 9.93. The first-order valence-corrected chi connectivity index (χ1v) is 6.14. The second-order valence-electron chi connectivity index (χ2n) is 3.69. The number of hydrogen-bond acceptors (Lipinski definition) is 1. The van der Waals surface area contributed by atoms with Gasteiger partial charge >= 0.3 is 0 Å². The molecule has 0 aromatic carbocycles. The highest BCUT2D eigenvalue weighted by Gasteiger charge is 1.87. The van der Waals surface area contributed by atoms with Crippen molar-refractivity contribution < 1.29 is 4.74 Å². The molecule has 0 aromatic heterocycles. The standard InChI is InChI=1S/C13H26O/c1-3-5-6-7-8-9-10-11-12-13-14-4-2/h11-12H,3-10,13H2,1-2H3. The van der Waals surface area contributed by atoms with E-state index in [1.807, 2.05) is 6.92 Å². The molecule has 0 N–H and O–H groups in total. The van der Waals surface area contributed by atoms with E-state index >= 15 is 0 Å². The van der Waals surface area contributed by atoms with Gasteiger partial charge in [0.05, 0.1) is 6.61 Å². The van der Waals surface area contributed by atoms with E-state index in [0.29, 0.717) is 0 Å². The summed E-state index contributed by atoms with van der Waals surface area (Å²) in [6, 6.07) is 0. The maximum Gasteiger partial charge on any atom is 0.0647 e. The molecule has 0 bridgehead atoms. The van der Waals surface area contributed by atoms with Crippen molar-refractivity contribution in [3.63, 3.8) is 0 Å².